The number of methoxy groups -OCH3 is 2. The Labute approximate surface area is 172 Å². The predicted molar refractivity (Wildman–Crippen MR) is 106 cm³/mol. The predicted octanol–water partition coefficient (Wildman–Crippen LogP) is 3.68. The number of rotatable bonds is 6. The van der Waals surface area contributed by atoms with Crippen molar-refractivity contribution in [2.75, 3.05) is 24.9 Å². The molecule has 9 nitrogen and oxygen atoms in total. The van der Waals surface area contributed by atoms with Crippen molar-refractivity contribution in [1.29, 1.82) is 5.41 Å². The van der Waals surface area contributed by atoms with Gasteiger partial charge in [0.1, 0.15) is 22.9 Å². The van der Waals surface area contributed by atoms with Crippen LogP contribution in [0.4, 0.5) is 15.9 Å². The van der Waals surface area contributed by atoms with Gasteiger partial charge >= 0.3 is 0 Å². The number of ether oxygens (including phenoxy) is 2. The standard InChI is InChI=1S/C18H15BrFN5O4/c1-27-12-4-3-5-13(28-2)14(12)18(26)23-17-15(24-29-25-17)16(21)22-9-6-7-11(20)10(19)8-9/h3-8H,1-2H3,(H2,21,22)(H,23,25,26). The van der Waals surface area contributed by atoms with Gasteiger partial charge in [0.15, 0.2) is 11.5 Å². The van der Waals surface area contributed by atoms with E-state index >= 15 is 0 Å². The average molecular weight is 464 g/mol. The molecule has 1 aromatic heterocycles. The molecule has 1 amide bonds. The lowest BCUT2D eigenvalue weighted by molar-refractivity contribution is 0.102. The van der Waals surface area contributed by atoms with Gasteiger partial charge in [-0.15, -0.1) is 0 Å². The molecule has 0 fully saturated rings. The first kappa shape index (κ1) is 20.3. The second kappa shape index (κ2) is 8.69. The van der Waals surface area contributed by atoms with Gasteiger partial charge in [0, 0.05) is 5.69 Å². The van der Waals surface area contributed by atoms with Gasteiger partial charge in [-0.2, -0.15) is 0 Å². The highest BCUT2D eigenvalue weighted by Crippen LogP contribution is 2.29. The highest BCUT2D eigenvalue weighted by Gasteiger charge is 2.23. The van der Waals surface area contributed by atoms with E-state index in [1.165, 1.54) is 32.4 Å². The lowest BCUT2D eigenvalue weighted by Gasteiger charge is -2.12. The first-order valence-corrected chi connectivity index (χ1v) is 8.89. The molecular weight excluding hydrogens is 449 g/mol. The molecule has 3 N–H and O–H groups in total. The molecule has 0 radical (unpaired) electrons. The number of nitrogens with zero attached hydrogens (tertiary/aromatic N) is 2. The van der Waals surface area contributed by atoms with E-state index in [2.05, 4.69) is 41.5 Å². The second-order valence-electron chi connectivity index (χ2n) is 5.58. The van der Waals surface area contributed by atoms with E-state index < -0.39 is 11.7 Å². The van der Waals surface area contributed by atoms with Crippen molar-refractivity contribution in [2.45, 2.75) is 0 Å². The number of nitrogens with one attached hydrogen (secondary N) is 3. The number of aromatic nitrogens is 2. The Bertz CT molecular complexity index is 1050. The molecule has 0 aliphatic heterocycles. The monoisotopic (exact) mass is 463 g/mol. The molecular formula is C18H15BrFN5O4. The summed E-state index contributed by atoms with van der Waals surface area (Å²) < 4.78 is 28.7. The Morgan fingerprint density at radius 3 is 2.45 bits per heavy atom. The van der Waals surface area contributed by atoms with Crippen LogP contribution in [0.2, 0.25) is 0 Å². The third-order valence-electron chi connectivity index (χ3n) is 3.80. The van der Waals surface area contributed by atoms with Gasteiger partial charge < -0.3 is 20.1 Å². The molecule has 0 unspecified atom stereocenters. The zero-order valence-corrected chi connectivity index (χ0v) is 16.8. The minimum Gasteiger partial charge on any atom is -0.496 e. The van der Waals surface area contributed by atoms with Crippen LogP contribution in [0.25, 0.3) is 0 Å². The molecule has 0 aliphatic carbocycles. The molecule has 0 atom stereocenters. The van der Waals surface area contributed by atoms with Crippen molar-refractivity contribution < 1.29 is 23.3 Å². The smallest absolute Gasteiger partial charge is 0.264 e. The minimum atomic E-state index is -0.589. The van der Waals surface area contributed by atoms with Crippen molar-refractivity contribution in [3.8, 4) is 11.5 Å². The number of hydrogen-bond donors (Lipinski definition) is 3. The summed E-state index contributed by atoms with van der Waals surface area (Å²) in [7, 11) is 2.85. The molecule has 3 rings (SSSR count). The first-order chi connectivity index (χ1) is 13.9. The van der Waals surface area contributed by atoms with Crippen LogP contribution in [0.1, 0.15) is 16.1 Å². The van der Waals surface area contributed by atoms with Gasteiger partial charge in [0.2, 0.25) is 5.82 Å². The summed E-state index contributed by atoms with van der Waals surface area (Å²) in [4.78, 5) is 12.8. The number of amides is 1. The molecule has 0 saturated heterocycles. The van der Waals surface area contributed by atoms with Crippen molar-refractivity contribution in [2.24, 2.45) is 0 Å². The van der Waals surface area contributed by atoms with Gasteiger partial charge in [-0.05, 0) is 56.6 Å². The zero-order valence-electron chi connectivity index (χ0n) is 15.2. The van der Waals surface area contributed by atoms with Crippen LogP contribution in [0.5, 0.6) is 11.5 Å². The number of anilines is 2. The maximum atomic E-state index is 13.4. The van der Waals surface area contributed by atoms with E-state index in [0.717, 1.165) is 0 Å². The van der Waals surface area contributed by atoms with Gasteiger partial charge in [-0.1, -0.05) is 6.07 Å². The fourth-order valence-corrected chi connectivity index (χ4v) is 2.84. The maximum Gasteiger partial charge on any atom is 0.264 e. The number of benzene rings is 2. The van der Waals surface area contributed by atoms with Crippen LogP contribution in [0, 0.1) is 11.2 Å². The topological polar surface area (TPSA) is 122 Å². The summed E-state index contributed by atoms with van der Waals surface area (Å²) in [5, 5.41) is 20.7. The zero-order chi connectivity index (χ0) is 21.0. The molecule has 0 saturated carbocycles. The van der Waals surface area contributed by atoms with Gasteiger partial charge in [-0.3, -0.25) is 10.2 Å². The second-order valence-corrected chi connectivity index (χ2v) is 6.44. The number of carbonyl (C=O) groups is 1. The van der Waals surface area contributed by atoms with E-state index in [1.807, 2.05) is 0 Å². The average Bonchev–Trinajstić information content (AvgIpc) is 3.18. The van der Waals surface area contributed by atoms with Crippen LogP contribution in [0.3, 0.4) is 0 Å². The van der Waals surface area contributed by atoms with Gasteiger partial charge in [0.05, 0.1) is 18.7 Å². The Hall–Kier alpha value is -3.47. The van der Waals surface area contributed by atoms with Gasteiger partial charge in [-0.25, -0.2) is 9.02 Å². The highest BCUT2D eigenvalue weighted by atomic mass is 79.9. The van der Waals surface area contributed by atoms with E-state index in [4.69, 9.17) is 14.9 Å². The van der Waals surface area contributed by atoms with E-state index in [0.29, 0.717) is 17.2 Å². The van der Waals surface area contributed by atoms with Crippen LogP contribution < -0.4 is 20.1 Å². The minimum absolute atomic E-state index is 0.0485. The lowest BCUT2D eigenvalue weighted by Crippen LogP contribution is -2.19. The lowest BCUT2D eigenvalue weighted by atomic mass is 10.1. The maximum absolute atomic E-state index is 13.4. The summed E-state index contributed by atoms with van der Waals surface area (Å²) in [6, 6.07) is 9.02. The van der Waals surface area contributed by atoms with E-state index in [-0.39, 0.29) is 27.4 Å². The SMILES string of the molecule is COc1cccc(OC)c1C(=O)Nc1nonc1C(=N)Nc1ccc(F)c(Br)c1. The first-order valence-electron chi connectivity index (χ1n) is 8.10. The number of halogens is 2. The molecule has 1 heterocycles. The van der Waals surface area contributed by atoms with E-state index in [9.17, 15) is 9.18 Å². The molecule has 3 aromatic rings. The summed E-state index contributed by atoms with van der Waals surface area (Å²) >= 11 is 3.07. The van der Waals surface area contributed by atoms with Crippen molar-refractivity contribution >= 4 is 39.2 Å². The molecule has 0 aliphatic rings. The summed E-state index contributed by atoms with van der Waals surface area (Å²) in [6.45, 7) is 0. The Kier molecular flexibility index (Phi) is 6.07. The van der Waals surface area contributed by atoms with Crippen molar-refractivity contribution in [3.05, 3.63) is 57.9 Å². The van der Waals surface area contributed by atoms with Gasteiger partial charge in [0.25, 0.3) is 5.91 Å². The third kappa shape index (κ3) is 4.35. The summed E-state index contributed by atoms with van der Waals surface area (Å²) in [6.07, 6.45) is 0. The van der Waals surface area contributed by atoms with Crippen molar-refractivity contribution in [1.82, 2.24) is 10.3 Å². The number of hydrogen-bond acceptors (Lipinski definition) is 7. The fraction of sp³-hybridized carbons (Fsp3) is 0.111. The van der Waals surface area contributed by atoms with Crippen molar-refractivity contribution in [3.63, 3.8) is 0 Å². The Morgan fingerprint density at radius 1 is 1.14 bits per heavy atom. The molecule has 150 valence electrons. The summed E-state index contributed by atoms with van der Waals surface area (Å²) in [5.41, 5.74) is 0.524. The molecule has 11 heteroatoms. The molecule has 0 bridgehead atoms. The van der Waals surface area contributed by atoms with E-state index in [1.54, 1.807) is 18.2 Å². The summed E-state index contributed by atoms with van der Waals surface area (Å²) in [5.74, 6) is -0.736. The fourth-order valence-electron chi connectivity index (χ4n) is 2.46. The third-order valence-corrected chi connectivity index (χ3v) is 4.41. The molecule has 2 aromatic carbocycles. The highest BCUT2D eigenvalue weighted by molar-refractivity contribution is 9.10. The largest absolute Gasteiger partial charge is 0.496 e. The van der Waals surface area contributed by atoms with Crippen LogP contribution >= 0.6 is 15.9 Å². The number of carbonyl (C=O) groups excluding carboxylic acids is 1. The Balaban J connectivity index is 1.83. The molecule has 29 heavy (non-hydrogen) atoms. The van der Waals surface area contributed by atoms with Crippen LogP contribution in [-0.2, 0) is 0 Å². The number of amidine groups is 1. The normalized spacial score (nSPS) is 10.3. The molecule has 0 spiro atoms. The van der Waals surface area contributed by atoms with Crippen LogP contribution in [0.15, 0.2) is 45.5 Å². The quantitative estimate of drug-likeness (QED) is 0.376. The van der Waals surface area contributed by atoms with Crippen LogP contribution in [-0.4, -0.2) is 36.3 Å². The Morgan fingerprint density at radius 2 is 1.83 bits per heavy atom.